The van der Waals surface area contributed by atoms with Gasteiger partial charge in [0.1, 0.15) is 18.1 Å². The summed E-state index contributed by atoms with van der Waals surface area (Å²) in [5.74, 6) is -5.11. The van der Waals surface area contributed by atoms with Crippen LogP contribution in [0.15, 0.2) is 0 Å². The minimum Gasteiger partial charge on any atom is -0.481 e. The molecule has 4 atom stereocenters. The second-order valence-electron chi connectivity index (χ2n) is 12.1. The molecule has 0 aromatic rings. The summed E-state index contributed by atoms with van der Waals surface area (Å²) in [5.41, 5.74) is 0. The molecule has 0 spiro atoms. The van der Waals surface area contributed by atoms with Crippen molar-refractivity contribution in [2.75, 3.05) is 6.61 Å². The fourth-order valence-electron chi connectivity index (χ4n) is 4.78. The molecule has 11 nitrogen and oxygen atoms in total. The molecule has 0 aromatic carbocycles. The van der Waals surface area contributed by atoms with Crippen molar-refractivity contribution >= 4 is 29.7 Å². The molecular weight excluding hydrogens is 542 g/mol. The molecule has 42 heavy (non-hydrogen) atoms. The van der Waals surface area contributed by atoms with Gasteiger partial charge in [-0.3, -0.25) is 19.2 Å². The maximum Gasteiger partial charge on any atom is 0.328 e. The van der Waals surface area contributed by atoms with Gasteiger partial charge >= 0.3 is 11.9 Å². The number of unbranched alkanes of at least 4 members (excludes halogenated alkanes) is 9. The molecule has 244 valence electrons. The van der Waals surface area contributed by atoms with E-state index in [1.54, 1.807) is 13.8 Å². The summed E-state index contributed by atoms with van der Waals surface area (Å²) in [6, 6.07) is -3.55. The van der Waals surface area contributed by atoms with Gasteiger partial charge in [-0.15, -0.1) is 0 Å². The Balaban J connectivity index is 4.86. The minimum absolute atomic E-state index is 0.0194. The lowest BCUT2D eigenvalue weighted by Gasteiger charge is -2.27. The third-order valence-electron chi connectivity index (χ3n) is 7.38. The molecule has 0 radical (unpaired) electrons. The third kappa shape index (κ3) is 18.0. The van der Waals surface area contributed by atoms with Gasteiger partial charge in [-0.25, -0.2) is 4.79 Å². The van der Waals surface area contributed by atoms with E-state index in [-0.39, 0.29) is 31.1 Å². The zero-order chi connectivity index (χ0) is 32.1. The molecule has 0 bridgehead atoms. The number of carbonyl (C=O) groups is 5. The fourth-order valence-corrected chi connectivity index (χ4v) is 4.78. The van der Waals surface area contributed by atoms with Crippen LogP contribution in [-0.2, 0) is 24.0 Å². The Bertz CT molecular complexity index is 818. The van der Waals surface area contributed by atoms with Crippen LogP contribution in [-0.4, -0.2) is 69.7 Å². The van der Waals surface area contributed by atoms with Crippen molar-refractivity contribution in [3.05, 3.63) is 0 Å². The predicted molar refractivity (Wildman–Crippen MR) is 162 cm³/mol. The zero-order valence-electron chi connectivity index (χ0n) is 26.5. The molecule has 0 rings (SSSR count). The van der Waals surface area contributed by atoms with E-state index >= 15 is 0 Å². The maximum absolute atomic E-state index is 13.1. The average Bonchev–Trinajstić information content (AvgIpc) is 2.91. The molecule has 0 aromatic heterocycles. The molecule has 1 unspecified atom stereocenters. The van der Waals surface area contributed by atoms with E-state index < -0.39 is 60.3 Å². The van der Waals surface area contributed by atoms with E-state index in [4.69, 9.17) is 5.11 Å². The van der Waals surface area contributed by atoms with Crippen molar-refractivity contribution in [2.45, 2.75) is 143 Å². The van der Waals surface area contributed by atoms with Gasteiger partial charge in [-0.1, -0.05) is 98.8 Å². The number of carboxylic acid groups (broad SMARTS) is 2. The van der Waals surface area contributed by atoms with E-state index in [1.807, 2.05) is 13.8 Å². The molecular formula is C31H57N3O8. The summed E-state index contributed by atoms with van der Waals surface area (Å²) in [7, 11) is 0. The van der Waals surface area contributed by atoms with Crippen molar-refractivity contribution in [1.29, 1.82) is 0 Å². The first kappa shape index (κ1) is 39.3. The molecule has 6 N–H and O–H groups in total. The molecule has 11 heteroatoms. The highest BCUT2D eigenvalue weighted by molar-refractivity contribution is 5.93. The molecule has 0 heterocycles. The third-order valence-corrected chi connectivity index (χ3v) is 7.38. The summed E-state index contributed by atoms with van der Waals surface area (Å²) in [6.07, 6.45) is 12.4. The molecule has 0 saturated heterocycles. The Labute approximate surface area is 252 Å². The van der Waals surface area contributed by atoms with E-state index in [0.29, 0.717) is 6.42 Å². The molecule has 0 aliphatic heterocycles. The lowest BCUT2D eigenvalue weighted by atomic mass is 9.95. The SMILES string of the molecule is CCCCCCCCCCCCC(CCC(=O)N[C@H](C(=O)N[C@@H](CC(C)C)C(=O)N[C@@H](CO)C(=O)O)C(C)C)C(=O)O. The van der Waals surface area contributed by atoms with Gasteiger partial charge in [0.2, 0.25) is 17.7 Å². The van der Waals surface area contributed by atoms with Crippen LogP contribution < -0.4 is 16.0 Å². The molecule has 0 aliphatic carbocycles. The number of aliphatic carboxylic acids is 2. The van der Waals surface area contributed by atoms with Crippen molar-refractivity contribution < 1.29 is 39.3 Å². The van der Waals surface area contributed by atoms with Gasteiger partial charge in [0.05, 0.1) is 12.5 Å². The number of hydrogen-bond donors (Lipinski definition) is 6. The number of hydrogen-bond acceptors (Lipinski definition) is 6. The van der Waals surface area contributed by atoms with E-state index in [9.17, 15) is 34.2 Å². The van der Waals surface area contributed by atoms with Gasteiger partial charge in [0.15, 0.2) is 0 Å². The Hall–Kier alpha value is -2.69. The van der Waals surface area contributed by atoms with Crippen LogP contribution in [0.4, 0.5) is 0 Å². The lowest BCUT2D eigenvalue weighted by molar-refractivity contribution is -0.144. The van der Waals surface area contributed by atoms with Crippen molar-refractivity contribution in [2.24, 2.45) is 17.8 Å². The smallest absolute Gasteiger partial charge is 0.328 e. The number of rotatable bonds is 25. The van der Waals surface area contributed by atoms with E-state index in [1.165, 1.54) is 38.5 Å². The molecule has 0 aliphatic rings. The van der Waals surface area contributed by atoms with E-state index in [0.717, 1.165) is 25.7 Å². The van der Waals surface area contributed by atoms with Gasteiger partial charge in [-0.2, -0.15) is 0 Å². The molecule has 3 amide bonds. The summed E-state index contributed by atoms with van der Waals surface area (Å²) < 4.78 is 0. The number of aliphatic hydroxyl groups is 1. The van der Waals surface area contributed by atoms with Crippen LogP contribution in [0.5, 0.6) is 0 Å². The number of nitrogens with one attached hydrogen (secondary N) is 3. The Morgan fingerprint density at radius 3 is 1.62 bits per heavy atom. The zero-order valence-corrected chi connectivity index (χ0v) is 26.5. The van der Waals surface area contributed by atoms with E-state index in [2.05, 4.69) is 22.9 Å². The van der Waals surface area contributed by atoms with Crippen molar-refractivity contribution in [1.82, 2.24) is 16.0 Å². The fraction of sp³-hybridized carbons (Fsp3) is 0.839. The van der Waals surface area contributed by atoms with Crippen LogP contribution in [0.1, 0.15) is 125 Å². The number of amides is 3. The Morgan fingerprint density at radius 1 is 0.643 bits per heavy atom. The highest BCUT2D eigenvalue weighted by Gasteiger charge is 2.31. The van der Waals surface area contributed by atoms with Crippen LogP contribution in [0, 0.1) is 17.8 Å². The van der Waals surface area contributed by atoms with Crippen LogP contribution >= 0.6 is 0 Å². The van der Waals surface area contributed by atoms with Crippen LogP contribution in [0.25, 0.3) is 0 Å². The maximum atomic E-state index is 13.1. The Kier molecular flexibility index (Phi) is 21.4. The summed E-state index contributed by atoms with van der Waals surface area (Å²) in [4.78, 5) is 61.5. The monoisotopic (exact) mass is 599 g/mol. The lowest BCUT2D eigenvalue weighted by Crippen LogP contribution is -2.57. The van der Waals surface area contributed by atoms with Crippen molar-refractivity contribution in [3.63, 3.8) is 0 Å². The first-order valence-corrected chi connectivity index (χ1v) is 15.8. The first-order chi connectivity index (χ1) is 19.8. The van der Waals surface area contributed by atoms with Gasteiger partial charge in [0, 0.05) is 6.42 Å². The highest BCUT2D eigenvalue weighted by atomic mass is 16.4. The predicted octanol–water partition coefficient (Wildman–Crippen LogP) is 4.01. The highest BCUT2D eigenvalue weighted by Crippen LogP contribution is 2.18. The minimum atomic E-state index is -1.51. The summed E-state index contributed by atoms with van der Waals surface area (Å²) in [5, 5.41) is 35.5. The van der Waals surface area contributed by atoms with Crippen molar-refractivity contribution in [3.8, 4) is 0 Å². The molecule has 0 saturated carbocycles. The number of carbonyl (C=O) groups excluding carboxylic acids is 3. The molecule has 0 fully saturated rings. The van der Waals surface area contributed by atoms with Crippen LogP contribution in [0.3, 0.4) is 0 Å². The topological polar surface area (TPSA) is 182 Å². The quantitative estimate of drug-likeness (QED) is 0.0851. The average molecular weight is 600 g/mol. The second-order valence-corrected chi connectivity index (χ2v) is 12.1. The van der Waals surface area contributed by atoms with Gasteiger partial charge in [-0.05, 0) is 31.1 Å². The largest absolute Gasteiger partial charge is 0.481 e. The first-order valence-electron chi connectivity index (χ1n) is 15.8. The number of aliphatic hydroxyl groups excluding tert-OH is 1. The Morgan fingerprint density at radius 2 is 1.17 bits per heavy atom. The second kappa shape index (κ2) is 22.9. The summed E-state index contributed by atoms with van der Waals surface area (Å²) >= 11 is 0. The standard InChI is InChI=1S/C31H57N3O8/c1-6-7-8-9-10-11-12-13-14-15-16-23(30(39)40)17-18-26(36)34-27(22(4)5)29(38)32-24(19-21(2)3)28(37)33-25(20-35)31(41)42/h21-25,27,35H,6-20H2,1-5H3,(H,32,38)(H,33,37)(H,34,36)(H,39,40)(H,41,42)/t23?,24-,25-,27-/m0/s1. The van der Waals surface area contributed by atoms with Crippen LogP contribution in [0.2, 0.25) is 0 Å². The number of carboxylic acids is 2. The summed E-state index contributed by atoms with van der Waals surface area (Å²) in [6.45, 7) is 8.55. The van der Waals surface area contributed by atoms with Gasteiger partial charge < -0.3 is 31.3 Å². The van der Waals surface area contributed by atoms with Gasteiger partial charge in [0.25, 0.3) is 0 Å². The normalized spacial score (nSPS) is 14.2.